The number of carbonyl (C=O) groups is 1. The van der Waals surface area contributed by atoms with Gasteiger partial charge in [0.1, 0.15) is 5.75 Å². The van der Waals surface area contributed by atoms with Gasteiger partial charge < -0.3 is 10.5 Å². The van der Waals surface area contributed by atoms with E-state index in [1.165, 1.54) is 6.42 Å². The standard InChI is InChI=1S/C16H23NO2/c1-3-11-4-6-12(7-5-11)16(18)14-10-13(19-2)8-9-15(14)17/h8-12H,3-7,17H2,1-2H3. The normalized spacial score (nSPS) is 23.1. The molecule has 0 aliphatic heterocycles. The molecule has 3 heteroatoms. The van der Waals surface area contributed by atoms with Crippen molar-refractivity contribution in [1.82, 2.24) is 0 Å². The summed E-state index contributed by atoms with van der Waals surface area (Å²) < 4.78 is 5.17. The number of ketones is 1. The molecule has 2 rings (SSSR count). The van der Waals surface area contributed by atoms with Crippen LogP contribution in [0.2, 0.25) is 0 Å². The van der Waals surface area contributed by atoms with Crippen molar-refractivity contribution in [1.29, 1.82) is 0 Å². The first-order valence-electron chi connectivity index (χ1n) is 7.13. The van der Waals surface area contributed by atoms with Gasteiger partial charge in [-0.05, 0) is 49.8 Å². The monoisotopic (exact) mass is 261 g/mol. The highest BCUT2D eigenvalue weighted by Gasteiger charge is 2.27. The Morgan fingerprint density at radius 1 is 1.32 bits per heavy atom. The molecule has 0 bridgehead atoms. The minimum atomic E-state index is 0.136. The Balaban J connectivity index is 2.11. The Hall–Kier alpha value is -1.51. The van der Waals surface area contributed by atoms with Gasteiger partial charge in [0.15, 0.2) is 5.78 Å². The van der Waals surface area contributed by atoms with E-state index in [2.05, 4.69) is 6.92 Å². The van der Waals surface area contributed by atoms with Crippen LogP contribution >= 0.6 is 0 Å². The van der Waals surface area contributed by atoms with Crippen molar-refractivity contribution in [2.24, 2.45) is 11.8 Å². The molecule has 0 spiro atoms. The van der Waals surface area contributed by atoms with Crippen molar-refractivity contribution in [3.63, 3.8) is 0 Å². The van der Waals surface area contributed by atoms with Gasteiger partial charge in [-0.2, -0.15) is 0 Å². The Labute approximate surface area is 115 Å². The first-order chi connectivity index (χ1) is 9.15. The number of rotatable bonds is 4. The molecule has 3 nitrogen and oxygen atoms in total. The first-order valence-corrected chi connectivity index (χ1v) is 7.13. The molecule has 0 atom stereocenters. The van der Waals surface area contributed by atoms with Crippen molar-refractivity contribution >= 4 is 11.5 Å². The van der Waals surface area contributed by atoms with E-state index in [-0.39, 0.29) is 11.7 Å². The van der Waals surface area contributed by atoms with Crippen molar-refractivity contribution in [3.05, 3.63) is 23.8 Å². The fourth-order valence-corrected chi connectivity index (χ4v) is 2.93. The predicted molar refractivity (Wildman–Crippen MR) is 77.5 cm³/mol. The van der Waals surface area contributed by atoms with Crippen molar-refractivity contribution < 1.29 is 9.53 Å². The molecule has 0 amide bonds. The SMILES string of the molecule is CCC1CCC(C(=O)c2cc(OC)ccc2N)CC1. The van der Waals surface area contributed by atoms with Crippen LogP contribution in [-0.4, -0.2) is 12.9 Å². The predicted octanol–water partition coefficient (Wildman–Crippen LogP) is 3.68. The molecule has 1 fully saturated rings. The second kappa shape index (κ2) is 6.09. The van der Waals surface area contributed by atoms with Crippen LogP contribution in [0.1, 0.15) is 49.4 Å². The molecule has 104 valence electrons. The van der Waals surface area contributed by atoms with Gasteiger partial charge in [-0.15, -0.1) is 0 Å². The third kappa shape index (κ3) is 3.09. The molecule has 1 aromatic carbocycles. The van der Waals surface area contributed by atoms with Crippen LogP contribution in [0.25, 0.3) is 0 Å². The highest BCUT2D eigenvalue weighted by atomic mass is 16.5. The Morgan fingerprint density at radius 3 is 2.58 bits per heavy atom. The number of benzene rings is 1. The smallest absolute Gasteiger partial charge is 0.168 e. The van der Waals surface area contributed by atoms with Gasteiger partial charge in [-0.1, -0.05) is 13.3 Å². The van der Waals surface area contributed by atoms with Crippen LogP contribution in [0.4, 0.5) is 5.69 Å². The quantitative estimate of drug-likeness (QED) is 0.664. The van der Waals surface area contributed by atoms with Gasteiger partial charge in [0, 0.05) is 17.2 Å². The van der Waals surface area contributed by atoms with Crippen LogP contribution in [-0.2, 0) is 0 Å². The van der Waals surface area contributed by atoms with E-state index in [9.17, 15) is 4.79 Å². The molecule has 1 aromatic rings. The van der Waals surface area contributed by atoms with Crippen LogP contribution in [0, 0.1) is 11.8 Å². The second-order valence-corrected chi connectivity index (χ2v) is 5.44. The first kappa shape index (κ1) is 13.9. The summed E-state index contributed by atoms with van der Waals surface area (Å²) in [6.07, 6.45) is 5.54. The number of methoxy groups -OCH3 is 1. The summed E-state index contributed by atoms with van der Waals surface area (Å²) in [4.78, 5) is 12.5. The molecule has 19 heavy (non-hydrogen) atoms. The molecular weight excluding hydrogens is 238 g/mol. The van der Waals surface area contributed by atoms with Crippen LogP contribution in [0.5, 0.6) is 5.75 Å². The molecule has 1 aliphatic rings. The second-order valence-electron chi connectivity index (χ2n) is 5.44. The van der Waals surface area contributed by atoms with Crippen LogP contribution < -0.4 is 10.5 Å². The van der Waals surface area contributed by atoms with Gasteiger partial charge >= 0.3 is 0 Å². The van der Waals surface area contributed by atoms with Crippen LogP contribution in [0.3, 0.4) is 0 Å². The average molecular weight is 261 g/mol. The van der Waals surface area contributed by atoms with Crippen molar-refractivity contribution in [2.45, 2.75) is 39.0 Å². The maximum absolute atomic E-state index is 12.5. The number of hydrogen-bond donors (Lipinski definition) is 1. The topological polar surface area (TPSA) is 52.3 Å². The van der Waals surface area contributed by atoms with E-state index in [1.54, 1.807) is 25.3 Å². The third-order valence-electron chi connectivity index (χ3n) is 4.32. The number of hydrogen-bond acceptors (Lipinski definition) is 3. The molecule has 0 saturated heterocycles. The third-order valence-corrected chi connectivity index (χ3v) is 4.32. The molecule has 2 N–H and O–H groups in total. The Bertz CT molecular complexity index is 448. The maximum atomic E-state index is 12.5. The molecule has 1 aliphatic carbocycles. The van der Waals surface area contributed by atoms with E-state index >= 15 is 0 Å². The summed E-state index contributed by atoms with van der Waals surface area (Å²) in [6.45, 7) is 2.23. The number of nitrogen functional groups attached to an aromatic ring is 1. The largest absolute Gasteiger partial charge is 0.497 e. The zero-order chi connectivity index (χ0) is 13.8. The highest BCUT2D eigenvalue weighted by molar-refractivity contribution is 6.02. The minimum Gasteiger partial charge on any atom is -0.497 e. The van der Waals surface area contributed by atoms with Gasteiger partial charge in [0.25, 0.3) is 0 Å². The zero-order valence-corrected chi connectivity index (χ0v) is 11.8. The molecule has 1 saturated carbocycles. The molecule has 0 radical (unpaired) electrons. The summed E-state index contributed by atoms with van der Waals surface area (Å²) >= 11 is 0. The summed E-state index contributed by atoms with van der Waals surface area (Å²) in [5.74, 6) is 1.81. The lowest BCUT2D eigenvalue weighted by molar-refractivity contribution is 0.0871. The highest BCUT2D eigenvalue weighted by Crippen LogP contribution is 2.34. The average Bonchev–Trinajstić information content (AvgIpc) is 2.47. The van der Waals surface area contributed by atoms with E-state index in [1.807, 2.05) is 0 Å². The zero-order valence-electron chi connectivity index (χ0n) is 11.8. The number of Topliss-reactive ketones (excluding diaryl/α,β-unsaturated/α-hetero) is 1. The van der Waals surface area contributed by atoms with Gasteiger partial charge in [0.2, 0.25) is 0 Å². The van der Waals surface area contributed by atoms with E-state index in [0.717, 1.165) is 31.6 Å². The van der Waals surface area contributed by atoms with Crippen molar-refractivity contribution in [3.8, 4) is 5.75 Å². The Kier molecular flexibility index (Phi) is 4.46. The van der Waals surface area contributed by atoms with Gasteiger partial charge in [-0.25, -0.2) is 0 Å². The van der Waals surface area contributed by atoms with Crippen LogP contribution in [0.15, 0.2) is 18.2 Å². The molecular formula is C16H23NO2. The number of anilines is 1. The number of carbonyl (C=O) groups excluding carboxylic acids is 1. The minimum absolute atomic E-state index is 0.136. The fraction of sp³-hybridized carbons (Fsp3) is 0.562. The van der Waals surface area contributed by atoms with Gasteiger partial charge in [-0.3, -0.25) is 4.79 Å². The lowest BCUT2D eigenvalue weighted by Gasteiger charge is -2.27. The van der Waals surface area contributed by atoms with E-state index in [4.69, 9.17) is 10.5 Å². The summed E-state index contributed by atoms with van der Waals surface area (Å²) in [6, 6.07) is 5.31. The number of ether oxygens (including phenoxy) is 1. The maximum Gasteiger partial charge on any atom is 0.168 e. The number of nitrogens with two attached hydrogens (primary N) is 1. The lowest BCUT2D eigenvalue weighted by Crippen LogP contribution is -2.22. The fourth-order valence-electron chi connectivity index (χ4n) is 2.93. The van der Waals surface area contributed by atoms with Crippen molar-refractivity contribution in [2.75, 3.05) is 12.8 Å². The summed E-state index contributed by atoms with van der Waals surface area (Å²) in [7, 11) is 1.60. The molecule has 0 aromatic heterocycles. The van der Waals surface area contributed by atoms with Gasteiger partial charge in [0.05, 0.1) is 7.11 Å². The molecule has 0 unspecified atom stereocenters. The summed E-state index contributed by atoms with van der Waals surface area (Å²) in [5, 5.41) is 0. The molecule has 0 heterocycles. The van der Waals surface area contributed by atoms with E-state index in [0.29, 0.717) is 17.0 Å². The van der Waals surface area contributed by atoms with E-state index < -0.39 is 0 Å². The summed E-state index contributed by atoms with van der Waals surface area (Å²) in [5.41, 5.74) is 7.11. The Morgan fingerprint density at radius 2 is 2.00 bits per heavy atom. The lowest BCUT2D eigenvalue weighted by atomic mass is 9.77.